The highest BCUT2D eigenvalue weighted by molar-refractivity contribution is 9.10. The van der Waals surface area contributed by atoms with Gasteiger partial charge in [-0.25, -0.2) is 0 Å². The third-order valence-corrected chi connectivity index (χ3v) is 1.87. The molecule has 0 spiro atoms. The topological polar surface area (TPSA) is 3.24 Å². The molecule has 11 heavy (non-hydrogen) atoms. The number of benzene rings is 1. The molecule has 58 valence electrons. The predicted octanol–water partition coefficient (Wildman–Crippen LogP) is 1.60. The van der Waals surface area contributed by atoms with Crippen LogP contribution in [-0.2, 0) is 0 Å². The van der Waals surface area contributed by atoms with Crippen molar-refractivity contribution < 1.29 is 0 Å². The minimum atomic E-state index is 0. The number of rotatable bonds is 1. The Balaban J connectivity index is 0.000001000. The number of hydrogen-bond acceptors (Lipinski definition) is 1. The first kappa shape index (κ1) is 11.3. The van der Waals surface area contributed by atoms with E-state index in [-0.39, 0.29) is 23.1 Å². The van der Waals surface area contributed by atoms with E-state index in [0.29, 0.717) is 0 Å². The molecule has 1 aromatic carbocycles. The van der Waals surface area contributed by atoms with Crippen LogP contribution >= 0.6 is 15.9 Å². The maximum atomic E-state index is 3.38. The summed E-state index contributed by atoms with van der Waals surface area (Å²) in [6, 6.07) is 8.22. The molecule has 0 fully saturated rings. The second kappa shape index (κ2) is 5.01. The van der Waals surface area contributed by atoms with Gasteiger partial charge in [0.05, 0.1) is 0 Å². The Morgan fingerprint density at radius 2 is 1.55 bits per heavy atom. The second-order valence-corrected chi connectivity index (χ2v) is 3.29. The molecule has 0 radical (unpaired) electrons. The minimum absolute atomic E-state index is 0. The van der Waals surface area contributed by atoms with Crippen LogP contribution in [0.5, 0.6) is 0 Å². The van der Waals surface area contributed by atoms with Gasteiger partial charge in [0.1, 0.15) is 0 Å². The third kappa shape index (κ3) is 3.45. The van der Waals surface area contributed by atoms with Crippen molar-refractivity contribution in [3.05, 3.63) is 28.7 Å². The Kier molecular flexibility index (Phi) is 5.13. The lowest BCUT2D eigenvalue weighted by Crippen LogP contribution is -2.07. The molecule has 1 rings (SSSR count). The van der Waals surface area contributed by atoms with E-state index in [1.807, 2.05) is 26.2 Å². The standard InChI is InChI=1S/C8H10BrN.Mg.2H/c1-10(2)8-5-3-7(9)4-6-8;;;/h3-6H,1-2H3;;;. The number of anilines is 1. The van der Waals surface area contributed by atoms with E-state index in [9.17, 15) is 0 Å². The average molecular weight is 226 g/mol. The molecule has 0 heterocycles. The molecule has 0 atom stereocenters. The fourth-order valence-corrected chi connectivity index (χ4v) is 1.00. The van der Waals surface area contributed by atoms with Crippen LogP contribution in [0.25, 0.3) is 0 Å². The van der Waals surface area contributed by atoms with Crippen LogP contribution < -0.4 is 4.90 Å². The maximum absolute atomic E-state index is 3.38. The smallest absolute Gasteiger partial charge is 0.316 e. The summed E-state index contributed by atoms with van der Waals surface area (Å²) in [5, 5.41) is 0. The molecule has 0 N–H and O–H groups in total. The zero-order chi connectivity index (χ0) is 7.56. The minimum Gasteiger partial charge on any atom is -0.378 e. The summed E-state index contributed by atoms with van der Waals surface area (Å²) >= 11 is 3.38. The summed E-state index contributed by atoms with van der Waals surface area (Å²) in [7, 11) is 4.06. The first-order valence-corrected chi connectivity index (χ1v) is 3.92. The highest BCUT2D eigenvalue weighted by Crippen LogP contribution is 2.15. The van der Waals surface area contributed by atoms with Gasteiger partial charge in [-0.3, -0.25) is 0 Å². The Morgan fingerprint density at radius 3 is 1.91 bits per heavy atom. The van der Waals surface area contributed by atoms with E-state index in [4.69, 9.17) is 0 Å². The fraction of sp³-hybridized carbons (Fsp3) is 0.250. The lowest BCUT2D eigenvalue weighted by atomic mass is 10.3. The molecule has 0 saturated carbocycles. The van der Waals surface area contributed by atoms with Crippen molar-refractivity contribution in [2.45, 2.75) is 0 Å². The van der Waals surface area contributed by atoms with Crippen molar-refractivity contribution in [3.63, 3.8) is 0 Å². The quantitative estimate of drug-likeness (QED) is 0.658. The lowest BCUT2D eigenvalue weighted by Gasteiger charge is -2.11. The van der Waals surface area contributed by atoms with Crippen molar-refractivity contribution >= 4 is 44.7 Å². The molecule has 0 aromatic heterocycles. The van der Waals surface area contributed by atoms with Crippen LogP contribution in [0.4, 0.5) is 5.69 Å². The van der Waals surface area contributed by atoms with Gasteiger partial charge < -0.3 is 4.90 Å². The molecule has 0 aliphatic heterocycles. The van der Waals surface area contributed by atoms with E-state index in [1.165, 1.54) is 5.69 Å². The van der Waals surface area contributed by atoms with Crippen molar-refractivity contribution in [2.24, 2.45) is 0 Å². The average Bonchev–Trinajstić information content (AvgIpc) is 1.88. The van der Waals surface area contributed by atoms with Gasteiger partial charge in [-0.2, -0.15) is 0 Å². The van der Waals surface area contributed by atoms with Crippen LogP contribution in [0.2, 0.25) is 0 Å². The monoisotopic (exact) mass is 225 g/mol. The Labute approximate surface area is 92.1 Å². The molecule has 3 heteroatoms. The Hall–Kier alpha value is 0.266. The number of nitrogens with zero attached hydrogens (tertiary/aromatic N) is 1. The maximum Gasteiger partial charge on any atom is 0.316 e. The first-order valence-electron chi connectivity index (χ1n) is 3.13. The normalized spacial score (nSPS) is 8.64. The molecule has 0 unspecified atom stereocenters. The van der Waals surface area contributed by atoms with Crippen LogP contribution in [0.1, 0.15) is 0 Å². The number of hydrogen-bond donors (Lipinski definition) is 0. The molecule has 0 bridgehead atoms. The zero-order valence-corrected chi connectivity index (χ0v) is 7.72. The Morgan fingerprint density at radius 1 is 1.09 bits per heavy atom. The summed E-state index contributed by atoms with van der Waals surface area (Å²) in [5.41, 5.74) is 1.23. The summed E-state index contributed by atoms with van der Waals surface area (Å²) in [4.78, 5) is 2.08. The van der Waals surface area contributed by atoms with Crippen molar-refractivity contribution in [1.29, 1.82) is 0 Å². The van der Waals surface area contributed by atoms with Gasteiger partial charge >= 0.3 is 23.1 Å². The summed E-state index contributed by atoms with van der Waals surface area (Å²) in [5.74, 6) is 0. The highest BCUT2D eigenvalue weighted by Gasteiger charge is 1.91. The predicted molar refractivity (Wildman–Crippen MR) is 57.0 cm³/mol. The molecule has 1 nitrogen and oxygen atoms in total. The van der Waals surface area contributed by atoms with Gasteiger partial charge in [0.15, 0.2) is 0 Å². The van der Waals surface area contributed by atoms with E-state index in [2.05, 4.69) is 33.0 Å². The molecular weight excluding hydrogens is 214 g/mol. The van der Waals surface area contributed by atoms with Crippen LogP contribution in [0.3, 0.4) is 0 Å². The molecule has 0 saturated heterocycles. The summed E-state index contributed by atoms with van der Waals surface area (Å²) in [6.07, 6.45) is 0. The molecule has 0 aliphatic carbocycles. The summed E-state index contributed by atoms with van der Waals surface area (Å²) < 4.78 is 1.12. The van der Waals surface area contributed by atoms with Crippen LogP contribution in [0, 0.1) is 0 Å². The fourth-order valence-electron chi connectivity index (χ4n) is 0.739. The zero-order valence-electron chi connectivity index (χ0n) is 6.13. The third-order valence-electron chi connectivity index (χ3n) is 1.34. The first-order chi connectivity index (χ1) is 4.70. The lowest BCUT2D eigenvalue weighted by molar-refractivity contribution is 1.13. The van der Waals surface area contributed by atoms with E-state index in [1.54, 1.807) is 0 Å². The van der Waals surface area contributed by atoms with Gasteiger partial charge in [0.2, 0.25) is 0 Å². The molecule has 0 amide bonds. The van der Waals surface area contributed by atoms with Gasteiger partial charge in [-0.05, 0) is 24.3 Å². The van der Waals surface area contributed by atoms with Gasteiger partial charge in [0.25, 0.3) is 0 Å². The Bertz CT molecular complexity index is 208. The number of halogens is 1. The van der Waals surface area contributed by atoms with E-state index >= 15 is 0 Å². The van der Waals surface area contributed by atoms with Gasteiger partial charge in [-0.15, -0.1) is 0 Å². The molecular formula is C8H12BrMgN. The van der Waals surface area contributed by atoms with Crippen LogP contribution in [0.15, 0.2) is 28.7 Å². The molecule has 0 aliphatic rings. The van der Waals surface area contributed by atoms with Crippen molar-refractivity contribution in [3.8, 4) is 0 Å². The van der Waals surface area contributed by atoms with Gasteiger partial charge in [0, 0.05) is 24.3 Å². The SMILES string of the molecule is CN(C)c1ccc(Br)cc1.[MgH2]. The van der Waals surface area contributed by atoms with Crippen molar-refractivity contribution in [1.82, 2.24) is 0 Å². The van der Waals surface area contributed by atoms with Crippen molar-refractivity contribution in [2.75, 3.05) is 19.0 Å². The second-order valence-electron chi connectivity index (χ2n) is 2.37. The van der Waals surface area contributed by atoms with E-state index in [0.717, 1.165) is 4.47 Å². The summed E-state index contributed by atoms with van der Waals surface area (Å²) in [6.45, 7) is 0. The van der Waals surface area contributed by atoms with Crippen LogP contribution in [-0.4, -0.2) is 37.1 Å². The largest absolute Gasteiger partial charge is 0.378 e. The highest BCUT2D eigenvalue weighted by atomic mass is 79.9. The van der Waals surface area contributed by atoms with Gasteiger partial charge in [-0.1, -0.05) is 15.9 Å². The molecule has 1 aromatic rings. The van der Waals surface area contributed by atoms with E-state index < -0.39 is 0 Å².